The SMILES string of the molecule is CC(=O)Nc1cc(CCCS(=O)(=O)c2ccc(Cl)cc2)ccc1O. The average molecular weight is 368 g/mol. The third kappa shape index (κ3) is 4.97. The van der Waals surface area contributed by atoms with Crippen molar-refractivity contribution in [3.63, 3.8) is 0 Å². The Balaban J connectivity index is 2.01. The lowest BCUT2D eigenvalue weighted by molar-refractivity contribution is -0.114. The van der Waals surface area contributed by atoms with Gasteiger partial charge >= 0.3 is 0 Å². The molecule has 2 N–H and O–H groups in total. The summed E-state index contributed by atoms with van der Waals surface area (Å²) in [5.41, 5.74) is 1.16. The highest BCUT2D eigenvalue weighted by atomic mass is 35.5. The first-order valence-electron chi connectivity index (χ1n) is 7.36. The molecule has 2 aromatic carbocycles. The number of sulfone groups is 1. The van der Waals surface area contributed by atoms with Crippen molar-refractivity contribution in [1.82, 2.24) is 0 Å². The Morgan fingerprint density at radius 3 is 2.46 bits per heavy atom. The monoisotopic (exact) mass is 367 g/mol. The molecule has 1 amide bonds. The van der Waals surface area contributed by atoms with Crippen molar-refractivity contribution in [1.29, 1.82) is 0 Å². The summed E-state index contributed by atoms with van der Waals surface area (Å²) >= 11 is 5.76. The van der Waals surface area contributed by atoms with Crippen LogP contribution in [0.25, 0.3) is 0 Å². The summed E-state index contributed by atoms with van der Waals surface area (Å²) in [6, 6.07) is 10.9. The predicted octanol–water partition coefficient (Wildman–Crippen LogP) is 3.41. The van der Waals surface area contributed by atoms with E-state index in [1.165, 1.54) is 25.1 Å². The fourth-order valence-corrected chi connectivity index (χ4v) is 3.69. The van der Waals surface area contributed by atoms with Crippen LogP contribution in [0.15, 0.2) is 47.4 Å². The predicted molar refractivity (Wildman–Crippen MR) is 94.2 cm³/mol. The summed E-state index contributed by atoms with van der Waals surface area (Å²) in [6.07, 6.45) is 0.939. The molecule has 0 atom stereocenters. The fraction of sp³-hybridized carbons (Fsp3) is 0.235. The highest BCUT2D eigenvalue weighted by Gasteiger charge is 2.14. The fourth-order valence-electron chi connectivity index (χ4n) is 2.25. The average Bonchev–Trinajstić information content (AvgIpc) is 2.50. The first-order valence-corrected chi connectivity index (χ1v) is 9.39. The van der Waals surface area contributed by atoms with Crippen LogP contribution >= 0.6 is 11.6 Å². The van der Waals surface area contributed by atoms with Gasteiger partial charge in [-0.15, -0.1) is 0 Å². The van der Waals surface area contributed by atoms with Gasteiger partial charge in [0.15, 0.2) is 9.84 Å². The summed E-state index contributed by atoms with van der Waals surface area (Å²) < 4.78 is 24.5. The lowest BCUT2D eigenvalue weighted by Crippen LogP contribution is -2.08. The highest BCUT2D eigenvalue weighted by Crippen LogP contribution is 2.25. The molecule has 0 radical (unpaired) electrons. The molecule has 0 heterocycles. The smallest absolute Gasteiger partial charge is 0.221 e. The van der Waals surface area contributed by atoms with Crippen molar-refractivity contribution in [3.05, 3.63) is 53.1 Å². The van der Waals surface area contributed by atoms with E-state index in [4.69, 9.17) is 11.6 Å². The van der Waals surface area contributed by atoms with E-state index in [1.807, 2.05) is 0 Å². The van der Waals surface area contributed by atoms with Crippen molar-refractivity contribution in [3.8, 4) is 5.75 Å². The number of anilines is 1. The number of aryl methyl sites for hydroxylation is 1. The van der Waals surface area contributed by atoms with Gasteiger partial charge in [-0.05, 0) is 54.8 Å². The molecule has 2 aromatic rings. The number of hydrogen-bond donors (Lipinski definition) is 2. The number of halogens is 1. The Hall–Kier alpha value is -2.05. The number of carbonyl (C=O) groups excluding carboxylic acids is 1. The topological polar surface area (TPSA) is 83.5 Å². The van der Waals surface area contributed by atoms with Crippen molar-refractivity contribution in [2.45, 2.75) is 24.7 Å². The van der Waals surface area contributed by atoms with Gasteiger partial charge in [0.05, 0.1) is 16.3 Å². The first kappa shape index (κ1) is 18.3. The van der Waals surface area contributed by atoms with E-state index in [0.717, 1.165) is 5.56 Å². The quantitative estimate of drug-likeness (QED) is 0.766. The van der Waals surface area contributed by atoms with Crippen molar-refractivity contribution < 1.29 is 18.3 Å². The van der Waals surface area contributed by atoms with Crippen molar-refractivity contribution >= 4 is 33.0 Å². The number of rotatable bonds is 6. The Morgan fingerprint density at radius 1 is 1.17 bits per heavy atom. The molecule has 0 aliphatic carbocycles. The van der Waals surface area contributed by atoms with E-state index in [1.54, 1.807) is 24.3 Å². The van der Waals surface area contributed by atoms with Gasteiger partial charge in [0.25, 0.3) is 0 Å². The Labute approximate surface area is 146 Å². The summed E-state index contributed by atoms with van der Waals surface area (Å²) in [6.45, 7) is 1.35. The maximum atomic E-state index is 12.3. The largest absolute Gasteiger partial charge is 0.506 e. The van der Waals surface area contributed by atoms with Crippen molar-refractivity contribution in [2.24, 2.45) is 0 Å². The summed E-state index contributed by atoms with van der Waals surface area (Å²) in [5.74, 6) is -0.305. The number of amides is 1. The lowest BCUT2D eigenvalue weighted by atomic mass is 10.1. The van der Waals surface area contributed by atoms with E-state index in [-0.39, 0.29) is 22.3 Å². The zero-order valence-electron chi connectivity index (χ0n) is 13.1. The second kappa shape index (κ2) is 7.68. The minimum atomic E-state index is -3.36. The Kier molecular flexibility index (Phi) is 5.85. The molecule has 0 saturated heterocycles. The number of benzene rings is 2. The van der Waals surface area contributed by atoms with Crippen LogP contribution in [0, 0.1) is 0 Å². The molecule has 0 bridgehead atoms. The molecule has 0 aliphatic heterocycles. The van der Waals surface area contributed by atoms with E-state index >= 15 is 0 Å². The van der Waals surface area contributed by atoms with Gasteiger partial charge in [-0.3, -0.25) is 4.79 Å². The van der Waals surface area contributed by atoms with Gasteiger partial charge in [0.1, 0.15) is 5.75 Å². The van der Waals surface area contributed by atoms with Crippen LogP contribution in [0.4, 0.5) is 5.69 Å². The summed E-state index contributed by atoms with van der Waals surface area (Å²) in [4.78, 5) is 11.3. The zero-order chi connectivity index (χ0) is 17.7. The molecule has 7 heteroatoms. The molecule has 0 unspecified atom stereocenters. The van der Waals surface area contributed by atoms with Crippen molar-refractivity contribution in [2.75, 3.05) is 11.1 Å². The van der Waals surface area contributed by atoms with Gasteiger partial charge in [-0.2, -0.15) is 0 Å². The molecule has 0 aromatic heterocycles. The second-order valence-corrected chi connectivity index (χ2v) is 7.95. The minimum absolute atomic E-state index is 0.00494. The van der Waals surface area contributed by atoms with Crippen LogP contribution in [0.3, 0.4) is 0 Å². The van der Waals surface area contributed by atoms with Gasteiger partial charge in [-0.25, -0.2) is 8.42 Å². The molecular weight excluding hydrogens is 350 g/mol. The van der Waals surface area contributed by atoms with Crippen LogP contribution in [0.5, 0.6) is 5.75 Å². The van der Waals surface area contributed by atoms with Crippen LogP contribution in [0.2, 0.25) is 5.02 Å². The molecule has 0 aliphatic rings. The maximum Gasteiger partial charge on any atom is 0.221 e. The lowest BCUT2D eigenvalue weighted by Gasteiger charge is -2.09. The molecule has 0 saturated carbocycles. The van der Waals surface area contributed by atoms with Crippen LogP contribution in [-0.2, 0) is 21.1 Å². The number of hydrogen-bond acceptors (Lipinski definition) is 4. The Bertz CT molecular complexity index is 832. The molecule has 2 rings (SSSR count). The molecule has 128 valence electrons. The normalized spacial score (nSPS) is 11.2. The highest BCUT2D eigenvalue weighted by molar-refractivity contribution is 7.91. The first-order chi connectivity index (χ1) is 11.3. The zero-order valence-corrected chi connectivity index (χ0v) is 14.7. The van der Waals surface area contributed by atoms with Gasteiger partial charge < -0.3 is 10.4 Å². The standard InChI is InChI=1S/C17H18ClNO4S/c1-12(20)19-16-11-13(4-9-17(16)21)3-2-10-24(22,23)15-7-5-14(18)6-8-15/h4-9,11,21H,2-3,10H2,1H3,(H,19,20). The van der Waals surface area contributed by atoms with E-state index < -0.39 is 9.84 Å². The van der Waals surface area contributed by atoms with Crippen LogP contribution < -0.4 is 5.32 Å². The molecular formula is C17H18ClNO4S. The third-order valence-electron chi connectivity index (χ3n) is 3.42. The molecule has 0 fully saturated rings. The number of carbonyl (C=O) groups is 1. The van der Waals surface area contributed by atoms with Crippen LogP contribution in [-0.4, -0.2) is 25.2 Å². The minimum Gasteiger partial charge on any atom is -0.506 e. The third-order valence-corrected chi connectivity index (χ3v) is 5.49. The van der Waals surface area contributed by atoms with E-state index in [0.29, 0.717) is 23.6 Å². The number of phenols is 1. The molecule has 0 spiro atoms. The Morgan fingerprint density at radius 2 is 1.83 bits per heavy atom. The van der Waals surface area contributed by atoms with Gasteiger partial charge in [-0.1, -0.05) is 17.7 Å². The van der Waals surface area contributed by atoms with E-state index in [9.17, 15) is 18.3 Å². The summed E-state index contributed by atoms with van der Waals surface area (Å²) in [7, 11) is -3.36. The number of phenolic OH excluding ortho intramolecular Hbond substituents is 1. The van der Waals surface area contributed by atoms with Gasteiger partial charge in [0, 0.05) is 11.9 Å². The summed E-state index contributed by atoms with van der Waals surface area (Å²) in [5, 5.41) is 12.7. The molecule has 24 heavy (non-hydrogen) atoms. The molecule has 5 nitrogen and oxygen atoms in total. The van der Waals surface area contributed by atoms with Crippen LogP contribution in [0.1, 0.15) is 18.9 Å². The van der Waals surface area contributed by atoms with Gasteiger partial charge in [0.2, 0.25) is 5.91 Å². The number of aromatic hydroxyl groups is 1. The van der Waals surface area contributed by atoms with E-state index in [2.05, 4.69) is 5.32 Å². The second-order valence-electron chi connectivity index (χ2n) is 5.41. The maximum absolute atomic E-state index is 12.3. The number of nitrogens with one attached hydrogen (secondary N) is 1.